The number of aliphatic carboxylic acids is 1. The molecule has 0 bridgehead atoms. The molecule has 2 aliphatic rings. The van der Waals surface area contributed by atoms with Gasteiger partial charge in [-0.2, -0.15) is 0 Å². The highest BCUT2D eigenvalue weighted by atomic mass is 19.1. The molecule has 1 saturated heterocycles. The van der Waals surface area contributed by atoms with Gasteiger partial charge in [0.05, 0.1) is 0 Å². The van der Waals surface area contributed by atoms with Gasteiger partial charge in [0, 0.05) is 17.2 Å². The van der Waals surface area contributed by atoms with Gasteiger partial charge in [-0.25, -0.2) is 4.39 Å². The van der Waals surface area contributed by atoms with Crippen molar-refractivity contribution in [2.45, 2.75) is 44.2 Å². The fourth-order valence-electron chi connectivity index (χ4n) is 4.32. The Bertz CT molecular complexity index is 927. The Morgan fingerprint density at radius 3 is 2.67 bits per heavy atom. The van der Waals surface area contributed by atoms with E-state index < -0.39 is 5.97 Å². The first-order chi connectivity index (χ1) is 13.1. The van der Waals surface area contributed by atoms with Crippen LogP contribution in [0.5, 0.6) is 0 Å². The summed E-state index contributed by atoms with van der Waals surface area (Å²) in [5.41, 5.74) is 4.05. The zero-order valence-corrected chi connectivity index (χ0v) is 15.1. The van der Waals surface area contributed by atoms with Crippen LogP contribution in [0.25, 0.3) is 0 Å². The van der Waals surface area contributed by atoms with Crippen LogP contribution in [-0.2, 0) is 11.2 Å². The Kier molecular flexibility index (Phi) is 4.96. The molecule has 0 saturated carbocycles. The van der Waals surface area contributed by atoms with Gasteiger partial charge >= 0.3 is 5.97 Å². The van der Waals surface area contributed by atoms with Gasteiger partial charge in [0.2, 0.25) is 0 Å². The minimum absolute atomic E-state index is 0.187. The minimum atomic E-state index is -0.708. The highest BCUT2D eigenvalue weighted by Gasteiger charge is 2.36. The summed E-state index contributed by atoms with van der Waals surface area (Å²) in [7, 11) is 0. The van der Waals surface area contributed by atoms with Crippen LogP contribution in [0.3, 0.4) is 0 Å². The second-order valence-corrected chi connectivity index (χ2v) is 7.32. The molecule has 2 atom stereocenters. The summed E-state index contributed by atoms with van der Waals surface area (Å²) in [5.74, 6) is 5.13. The number of hydrogen-bond donors (Lipinski definition) is 1. The lowest BCUT2D eigenvalue weighted by Crippen LogP contribution is -2.46. The molecule has 0 radical (unpaired) electrons. The van der Waals surface area contributed by atoms with Crippen LogP contribution >= 0.6 is 0 Å². The number of benzene rings is 2. The summed E-state index contributed by atoms with van der Waals surface area (Å²) in [6.07, 6.45) is 4.69. The molecule has 1 N–H and O–H groups in total. The number of carboxylic acid groups (broad SMARTS) is 1. The monoisotopic (exact) mass is 363 g/mol. The van der Waals surface area contributed by atoms with Crippen LogP contribution in [-0.4, -0.2) is 28.6 Å². The highest BCUT2D eigenvalue weighted by molar-refractivity contribution is 5.73. The first-order valence-electron chi connectivity index (χ1n) is 9.51. The largest absolute Gasteiger partial charge is 0.480 e. The number of carbonyl (C=O) groups is 1. The van der Waals surface area contributed by atoms with E-state index in [0.29, 0.717) is 5.56 Å². The second-order valence-electron chi connectivity index (χ2n) is 7.32. The number of halogens is 1. The van der Waals surface area contributed by atoms with E-state index in [0.717, 1.165) is 44.2 Å². The lowest BCUT2D eigenvalue weighted by atomic mass is 9.96. The molecule has 2 aromatic carbocycles. The summed E-state index contributed by atoms with van der Waals surface area (Å²) in [5, 5.41) is 9.57. The Balaban J connectivity index is 1.57. The van der Waals surface area contributed by atoms with E-state index >= 15 is 0 Å². The molecule has 3 nitrogen and oxygen atoms in total. The average Bonchev–Trinajstić information content (AvgIpc) is 3.09. The summed E-state index contributed by atoms with van der Waals surface area (Å²) < 4.78 is 13.3. The van der Waals surface area contributed by atoms with Crippen LogP contribution in [0.15, 0.2) is 42.5 Å². The van der Waals surface area contributed by atoms with Gasteiger partial charge in [-0.15, -0.1) is 0 Å². The zero-order valence-electron chi connectivity index (χ0n) is 15.1. The second kappa shape index (κ2) is 7.54. The molecule has 2 aromatic rings. The molecule has 1 unspecified atom stereocenters. The molecule has 1 aliphatic heterocycles. The van der Waals surface area contributed by atoms with Crippen molar-refractivity contribution in [2.75, 3.05) is 6.54 Å². The maximum absolute atomic E-state index is 13.3. The number of aryl methyl sites for hydroxylation is 1. The number of hydrogen-bond acceptors (Lipinski definition) is 2. The number of piperidine rings is 1. The van der Waals surface area contributed by atoms with Crippen molar-refractivity contribution in [3.63, 3.8) is 0 Å². The zero-order chi connectivity index (χ0) is 18.8. The lowest BCUT2D eigenvalue weighted by molar-refractivity contribution is -0.145. The van der Waals surface area contributed by atoms with Crippen molar-refractivity contribution >= 4 is 5.97 Å². The number of rotatable bonds is 2. The Morgan fingerprint density at radius 2 is 1.89 bits per heavy atom. The van der Waals surface area contributed by atoms with E-state index in [1.807, 2.05) is 6.07 Å². The molecule has 27 heavy (non-hydrogen) atoms. The van der Waals surface area contributed by atoms with E-state index in [1.165, 1.54) is 23.3 Å². The summed E-state index contributed by atoms with van der Waals surface area (Å²) in [6.45, 7) is 0.849. The Morgan fingerprint density at radius 1 is 1.07 bits per heavy atom. The quantitative estimate of drug-likeness (QED) is 0.815. The molecule has 4 heteroatoms. The highest BCUT2D eigenvalue weighted by Crippen LogP contribution is 2.39. The van der Waals surface area contributed by atoms with Gasteiger partial charge in [0.15, 0.2) is 0 Å². The molecular formula is C23H22FNO2. The van der Waals surface area contributed by atoms with Gasteiger partial charge in [-0.3, -0.25) is 9.69 Å². The van der Waals surface area contributed by atoms with Crippen molar-refractivity contribution in [1.29, 1.82) is 0 Å². The number of likely N-dealkylation sites (tertiary alicyclic amines) is 1. The van der Waals surface area contributed by atoms with E-state index in [-0.39, 0.29) is 17.9 Å². The minimum Gasteiger partial charge on any atom is -0.480 e. The normalized spacial score (nSPS) is 22.0. The first-order valence-corrected chi connectivity index (χ1v) is 9.51. The summed E-state index contributed by atoms with van der Waals surface area (Å²) in [6, 6.07) is 12.3. The third-order valence-electron chi connectivity index (χ3n) is 5.59. The van der Waals surface area contributed by atoms with Gasteiger partial charge in [0.25, 0.3) is 0 Å². The molecular weight excluding hydrogens is 341 g/mol. The molecule has 0 aromatic heterocycles. The van der Waals surface area contributed by atoms with Crippen LogP contribution in [0.4, 0.5) is 4.39 Å². The molecule has 1 heterocycles. The average molecular weight is 363 g/mol. The fraction of sp³-hybridized carbons (Fsp3) is 0.348. The number of carboxylic acids is 1. The summed E-state index contributed by atoms with van der Waals surface area (Å²) in [4.78, 5) is 13.8. The predicted octanol–water partition coefficient (Wildman–Crippen LogP) is 4.15. The maximum atomic E-state index is 13.3. The van der Waals surface area contributed by atoms with Crippen molar-refractivity contribution in [1.82, 2.24) is 4.90 Å². The standard InChI is InChI=1S/C23H22FNO2/c24-19-5-3-4-16(15-19)7-8-17-9-11-20-18(14-17)10-12-21(20)25-13-2-1-6-22(25)23(26)27/h3-5,9,11,14-15,21-22H,1-2,6,10,12-13H2,(H,26,27)/t21?,22-/m1/s1. The van der Waals surface area contributed by atoms with E-state index in [4.69, 9.17) is 0 Å². The number of fused-ring (bicyclic) bond motifs is 1. The van der Waals surface area contributed by atoms with Crippen molar-refractivity contribution in [2.24, 2.45) is 0 Å². The number of nitrogens with zero attached hydrogens (tertiary/aromatic N) is 1. The Hall–Kier alpha value is -2.64. The van der Waals surface area contributed by atoms with Crippen LogP contribution in [0, 0.1) is 17.7 Å². The molecule has 4 rings (SSSR count). The molecule has 1 fully saturated rings. The van der Waals surface area contributed by atoms with E-state index in [9.17, 15) is 14.3 Å². The maximum Gasteiger partial charge on any atom is 0.320 e. The van der Waals surface area contributed by atoms with Gasteiger partial charge in [-0.05, 0) is 73.7 Å². The van der Waals surface area contributed by atoms with Crippen LogP contribution in [0.2, 0.25) is 0 Å². The topological polar surface area (TPSA) is 40.5 Å². The van der Waals surface area contributed by atoms with Gasteiger partial charge in [-0.1, -0.05) is 30.4 Å². The van der Waals surface area contributed by atoms with Gasteiger partial charge in [0.1, 0.15) is 11.9 Å². The summed E-state index contributed by atoms with van der Waals surface area (Å²) >= 11 is 0. The predicted molar refractivity (Wildman–Crippen MR) is 102 cm³/mol. The Labute approximate surface area is 158 Å². The van der Waals surface area contributed by atoms with Crippen molar-refractivity contribution < 1.29 is 14.3 Å². The van der Waals surface area contributed by atoms with Crippen molar-refractivity contribution in [3.05, 3.63) is 70.5 Å². The SMILES string of the molecule is O=C(O)[C@H]1CCCCN1C1CCc2cc(C#Cc3cccc(F)c3)ccc21. The third-order valence-corrected chi connectivity index (χ3v) is 5.59. The molecule has 138 valence electrons. The fourth-order valence-corrected chi connectivity index (χ4v) is 4.32. The third kappa shape index (κ3) is 3.74. The van der Waals surface area contributed by atoms with E-state index in [1.54, 1.807) is 12.1 Å². The van der Waals surface area contributed by atoms with Crippen LogP contribution < -0.4 is 0 Å². The van der Waals surface area contributed by atoms with Crippen molar-refractivity contribution in [3.8, 4) is 11.8 Å². The first kappa shape index (κ1) is 17.8. The molecule has 0 spiro atoms. The smallest absolute Gasteiger partial charge is 0.320 e. The molecule has 1 aliphatic carbocycles. The van der Waals surface area contributed by atoms with Gasteiger partial charge < -0.3 is 5.11 Å². The van der Waals surface area contributed by atoms with Crippen LogP contribution in [0.1, 0.15) is 54.0 Å². The lowest BCUT2D eigenvalue weighted by Gasteiger charge is -2.37. The molecule has 0 amide bonds. The van der Waals surface area contributed by atoms with E-state index in [2.05, 4.69) is 28.9 Å².